The van der Waals surface area contributed by atoms with Gasteiger partial charge in [-0.05, 0) is 49.7 Å². The normalized spacial score (nSPS) is 11.9. The number of ether oxygens (including phenoxy) is 2. The molecule has 1 unspecified atom stereocenters. The summed E-state index contributed by atoms with van der Waals surface area (Å²) in [5, 5.41) is 2.52. The van der Waals surface area contributed by atoms with E-state index in [9.17, 15) is 22.8 Å². The first-order valence-electron chi connectivity index (χ1n) is 10.0. The van der Waals surface area contributed by atoms with E-state index in [0.717, 1.165) is 12.8 Å². The van der Waals surface area contributed by atoms with Gasteiger partial charge in [0.25, 0.3) is 5.91 Å². The molecule has 10 heteroatoms. The average molecular weight is 463 g/mol. The van der Waals surface area contributed by atoms with E-state index >= 15 is 0 Å². The van der Waals surface area contributed by atoms with Gasteiger partial charge in [-0.2, -0.15) is 4.72 Å². The van der Waals surface area contributed by atoms with E-state index in [1.807, 2.05) is 6.92 Å². The molecule has 2 aromatic carbocycles. The predicted octanol–water partition coefficient (Wildman–Crippen LogP) is 2.49. The lowest BCUT2D eigenvalue weighted by molar-refractivity contribution is -0.148. The Kier molecular flexibility index (Phi) is 9.36. The lowest BCUT2D eigenvalue weighted by atomic mass is 10.2. The van der Waals surface area contributed by atoms with Crippen LogP contribution < -0.4 is 10.0 Å². The number of carbonyl (C=O) groups is 3. The van der Waals surface area contributed by atoms with Crippen LogP contribution in [0.3, 0.4) is 0 Å². The fourth-order valence-electron chi connectivity index (χ4n) is 2.49. The highest BCUT2D eigenvalue weighted by Crippen LogP contribution is 2.11. The zero-order chi connectivity index (χ0) is 23.6. The Hall–Kier alpha value is -3.24. The maximum atomic E-state index is 12.2. The Balaban J connectivity index is 1.80. The summed E-state index contributed by atoms with van der Waals surface area (Å²) in [6, 6.07) is 12.4. The van der Waals surface area contributed by atoms with Crippen LogP contribution in [0, 0.1) is 0 Å². The Bertz CT molecular complexity index is 1020. The molecule has 2 rings (SSSR count). The van der Waals surface area contributed by atoms with Crippen LogP contribution in [-0.4, -0.2) is 45.5 Å². The molecular weight excluding hydrogens is 436 g/mol. The van der Waals surface area contributed by atoms with Gasteiger partial charge in [0, 0.05) is 5.69 Å². The molecule has 2 N–H and O–H groups in total. The molecule has 1 amide bonds. The third-order valence-electron chi connectivity index (χ3n) is 4.22. The molecule has 0 aliphatic rings. The minimum Gasteiger partial charge on any atom is -0.462 e. The summed E-state index contributed by atoms with van der Waals surface area (Å²) in [4.78, 5) is 36.0. The molecule has 0 radical (unpaired) electrons. The van der Waals surface area contributed by atoms with Gasteiger partial charge in [0.15, 0.2) is 6.61 Å². The lowest BCUT2D eigenvalue weighted by Gasteiger charge is -2.14. The number of sulfonamides is 1. The number of carbonyl (C=O) groups excluding carboxylic acids is 3. The van der Waals surface area contributed by atoms with Crippen molar-refractivity contribution in [3.63, 3.8) is 0 Å². The van der Waals surface area contributed by atoms with Gasteiger partial charge < -0.3 is 14.8 Å². The Morgan fingerprint density at radius 3 is 2.25 bits per heavy atom. The van der Waals surface area contributed by atoms with Crippen LogP contribution in [0.4, 0.5) is 5.69 Å². The number of rotatable bonds is 11. The van der Waals surface area contributed by atoms with Crippen molar-refractivity contribution in [2.45, 2.75) is 37.6 Å². The van der Waals surface area contributed by atoms with Crippen LogP contribution in [0.5, 0.6) is 0 Å². The molecule has 1 atom stereocenters. The quantitative estimate of drug-likeness (QED) is 0.388. The van der Waals surface area contributed by atoms with Crippen LogP contribution >= 0.6 is 0 Å². The van der Waals surface area contributed by atoms with Crippen molar-refractivity contribution in [1.29, 1.82) is 0 Å². The van der Waals surface area contributed by atoms with E-state index < -0.39 is 40.5 Å². The molecule has 0 fully saturated rings. The van der Waals surface area contributed by atoms with E-state index in [0.29, 0.717) is 17.9 Å². The largest absolute Gasteiger partial charge is 0.462 e. The van der Waals surface area contributed by atoms with Crippen molar-refractivity contribution in [3.05, 3.63) is 60.2 Å². The first-order valence-corrected chi connectivity index (χ1v) is 11.5. The topological polar surface area (TPSA) is 128 Å². The molecule has 0 spiro atoms. The highest BCUT2D eigenvalue weighted by atomic mass is 32.2. The van der Waals surface area contributed by atoms with Crippen molar-refractivity contribution in [2.75, 3.05) is 18.5 Å². The SMILES string of the molecule is CCCCOC(=O)c1ccc(NC(=O)COC(=O)C(C)NS(=O)(=O)c2ccccc2)cc1. The molecule has 0 aromatic heterocycles. The summed E-state index contributed by atoms with van der Waals surface area (Å²) in [5.74, 6) is -1.96. The summed E-state index contributed by atoms with van der Waals surface area (Å²) in [6.45, 7) is 3.06. The second-order valence-electron chi connectivity index (χ2n) is 6.88. The van der Waals surface area contributed by atoms with E-state index in [2.05, 4.69) is 10.0 Å². The van der Waals surface area contributed by atoms with E-state index in [1.165, 1.54) is 43.3 Å². The Morgan fingerprint density at radius 2 is 1.62 bits per heavy atom. The highest BCUT2D eigenvalue weighted by Gasteiger charge is 2.23. The van der Waals surface area contributed by atoms with Crippen LogP contribution in [-0.2, 0) is 29.1 Å². The van der Waals surface area contributed by atoms with Crippen molar-refractivity contribution in [2.24, 2.45) is 0 Å². The number of amides is 1. The maximum Gasteiger partial charge on any atom is 0.338 e. The molecular formula is C22H26N2O7S. The van der Waals surface area contributed by atoms with Gasteiger partial charge in [-0.1, -0.05) is 31.5 Å². The molecule has 9 nitrogen and oxygen atoms in total. The van der Waals surface area contributed by atoms with E-state index in [-0.39, 0.29) is 4.90 Å². The van der Waals surface area contributed by atoms with Crippen molar-refractivity contribution >= 4 is 33.6 Å². The number of esters is 2. The van der Waals surface area contributed by atoms with Crippen LogP contribution in [0.1, 0.15) is 37.0 Å². The number of hydrogen-bond acceptors (Lipinski definition) is 7. The van der Waals surface area contributed by atoms with Gasteiger partial charge in [0.2, 0.25) is 10.0 Å². The van der Waals surface area contributed by atoms with Crippen LogP contribution in [0.25, 0.3) is 0 Å². The van der Waals surface area contributed by atoms with Crippen molar-refractivity contribution < 1.29 is 32.3 Å². The first-order chi connectivity index (χ1) is 15.2. The minimum atomic E-state index is -3.90. The van der Waals surface area contributed by atoms with Gasteiger partial charge in [-0.3, -0.25) is 9.59 Å². The summed E-state index contributed by atoms with van der Waals surface area (Å²) >= 11 is 0. The molecule has 172 valence electrons. The number of unbranched alkanes of at least 4 members (excludes halogenated alkanes) is 1. The van der Waals surface area contributed by atoms with Crippen molar-refractivity contribution in [1.82, 2.24) is 4.72 Å². The van der Waals surface area contributed by atoms with Crippen LogP contribution in [0.2, 0.25) is 0 Å². The molecule has 32 heavy (non-hydrogen) atoms. The Morgan fingerprint density at radius 1 is 0.969 bits per heavy atom. The van der Waals surface area contributed by atoms with E-state index in [4.69, 9.17) is 9.47 Å². The number of anilines is 1. The smallest absolute Gasteiger partial charge is 0.338 e. The first kappa shape index (κ1) is 25.0. The maximum absolute atomic E-state index is 12.2. The zero-order valence-electron chi connectivity index (χ0n) is 17.9. The molecule has 0 bridgehead atoms. The lowest BCUT2D eigenvalue weighted by Crippen LogP contribution is -2.40. The van der Waals surface area contributed by atoms with Gasteiger partial charge in [-0.15, -0.1) is 0 Å². The fourth-order valence-corrected chi connectivity index (χ4v) is 3.70. The van der Waals surface area contributed by atoms with Gasteiger partial charge in [-0.25, -0.2) is 13.2 Å². The summed E-state index contributed by atoms with van der Waals surface area (Å²) in [6.07, 6.45) is 1.70. The number of hydrogen-bond donors (Lipinski definition) is 2. The molecule has 0 aliphatic carbocycles. The third kappa shape index (κ3) is 7.78. The third-order valence-corrected chi connectivity index (χ3v) is 5.78. The van der Waals surface area contributed by atoms with Crippen molar-refractivity contribution in [3.8, 4) is 0 Å². The molecule has 2 aromatic rings. The predicted molar refractivity (Wildman–Crippen MR) is 117 cm³/mol. The standard InChI is InChI=1S/C22H26N2O7S/c1-3-4-14-30-22(27)17-10-12-18(13-11-17)23-20(25)15-31-21(26)16(2)24-32(28,29)19-8-6-5-7-9-19/h5-13,16,24H,3-4,14-15H2,1-2H3,(H,23,25). The highest BCUT2D eigenvalue weighted by molar-refractivity contribution is 7.89. The fraction of sp³-hybridized carbons (Fsp3) is 0.318. The Labute approximate surface area is 187 Å². The zero-order valence-corrected chi connectivity index (χ0v) is 18.7. The van der Waals surface area contributed by atoms with Gasteiger partial charge in [0.05, 0.1) is 17.1 Å². The van der Waals surface area contributed by atoms with Gasteiger partial charge in [0.1, 0.15) is 6.04 Å². The monoisotopic (exact) mass is 462 g/mol. The number of nitrogens with one attached hydrogen (secondary N) is 2. The second kappa shape index (κ2) is 12.0. The minimum absolute atomic E-state index is 0.00934. The number of benzene rings is 2. The molecule has 0 saturated carbocycles. The average Bonchev–Trinajstić information content (AvgIpc) is 2.78. The van der Waals surface area contributed by atoms with Gasteiger partial charge >= 0.3 is 11.9 Å². The summed E-state index contributed by atoms with van der Waals surface area (Å²) in [5.41, 5.74) is 0.749. The molecule has 0 aliphatic heterocycles. The van der Waals surface area contributed by atoms with Crippen LogP contribution in [0.15, 0.2) is 59.5 Å². The van der Waals surface area contributed by atoms with E-state index in [1.54, 1.807) is 18.2 Å². The summed E-state index contributed by atoms with van der Waals surface area (Å²) < 4.78 is 36.7. The molecule has 0 saturated heterocycles. The summed E-state index contributed by atoms with van der Waals surface area (Å²) in [7, 11) is -3.90. The second-order valence-corrected chi connectivity index (χ2v) is 8.59. The molecule has 0 heterocycles.